The van der Waals surface area contributed by atoms with Crippen molar-refractivity contribution >= 4 is 12.1 Å². The van der Waals surface area contributed by atoms with Crippen LogP contribution < -0.4 is 0 Å². The van der Waals surface area contributed by atoms with Crippen LogP contribution >= 0.6 is 0 Å². The molecule has 1 N–H and O–H groups in total. The van der Waals surface area contributed by atoms with Gasteiger partial charge in [0.25, 0.3) is 0 Å². The van der Waals surface area contributed by atoms with Gasteiger partial charge in [0.2, 0.25) is 0 Å². The van der Waals surface area contributed by atoms with Crippen LogP contribution in [0.2, 0.25) is 0 Å². The molecule has 0 radical (unpaired) electrons. The summed E-state index contributed by atoms with van der Waals surface area (Å²) in [7, 11) is 1.54. The van der Waals surface area contributed by atoms with Gasteiger partial charge in [-0.3, -0.25) is 4.79 Å². The highest BCUT2D eigenvalue weighted by molar-refractivity contribution is 5.74. The van der Waals surface area contributed by atoms with E-state index in [1.165, 1.54) is 0 Å². The molecule has 0 spiro atoms. The molecule has 1 heterocycles. The SMILES string of the molecule is COC(C(C)C(=O)OC(c1ccccc1)C(O)(c1ccccc1)c1ccccc1)C1CCCN1C(=O)OC(C)(C)C. The number of methoxy groups -OCH3 is 1. The van der Waals surface area contributed by atoms with Crippen LogP contribution in [0.3, 0.4) is 0 Å². The van der Waals surface area contributed by atoms with E-state index in [4.69, 9.17) is 14.2 Å². The van der Waals surface area contributed by atoms with Gasteiger partial charge in [-0.1, -0.05) is 91.0 Å². The third-order valence-corrected chi connectivity index (χ3v) is 7.59. The number of aliphatic hydroxyl groups is 1. The molecule has 4 unspecified atom stereocenters. The number of esters is 1. The highest BCUT2D eigenvalue weighted by Gasteiger charge is 2.47. The molecule has 218 valence electrons. The number of carbonyl (C=O) groups excluding carboxylic acids is 2. The molecule has 7 heteroatoms. The molecule has 3 aromatic carbocycles. The molecular formula is C34H41NO6. The minimum absolute atomic E-state index is 0.352. The van der Waals surface area contributed by atoms with Gasteiger partial charge in [-0.05, 0) is 57.2 Å². The van der Waals surface area contributed by atoms with E-state index in [1.54, 1.807) is 18.9 Å². The molecule has 0 bridgehead atoms. The number of hydrogen-bond donors (Lipinski definition) is 1. The summed E-state index contributed by atoms with van der Waals surface area (Å²) in [4.78, 5) is 28.6. The first-order chi connectivity index (χ1) is 19.6. The largest absolute Gasteiger partial charge is 0.453 e. The van der Waals surface area contributed by atoms with E-state index in [-0.39, 0.29) is 6.04 Å². The van der Waals surface area contributed by atoms with Gasteiger partial charge in [0.1, 0.15) is 5.60 Å². The van der Waals surface area contributed by atoms with E-state index in [0.717, 1.165) is 6.42 Å². The molecule has 41 heavy (non-hydrogen) atoms. The maximum Gasteiger partial charge on any atom is 0.410 e. The first-order valence-corrected chi connectivity index (χ1v) is 14.2. The monoisotopic (exact) mass is 559 g/mol. The highest BCUT2D eigenvalue weighted by Crippen LogP contribution is 2.44. The summed E-state index contributed by atoms with van der Waals surface area (Å²) in [5, 5.41) is 12.6. The maximum atomic E-state index is 14.0. The summed E-state index contributed by atoms with van der Waals surface area (Å²) < 4.78 is 17.8. The second-order valence-electron chi connectivity index (χ2n) is 11.6. The van der Waals surface area contributed by atoms with Crippen LogP contribution in [0.25, 0.3) is 0 Å². The van der Waals surface area contributed by atoms with Crippen LogP contribution in [-0.4, -0.2) is 53.5 Å². The van der Waals surface area contributed by atoms with Crippen LogP contribution in [0, 0.1) is 5.92 Å². The van der Waals surface area contributed by atoms with Crippen LogP contribution in [-0.2, 0) is 24.6 Å². The fourth-order valence-corrected chi connectivity index (χ4v) is 5.61. The summed E-state index contributed by atoms with van der Waals surface area (Å²) in [5.41, 5.74) is -0.489. The predicted octanol–water partition coefficient (Wildman–Crippen LogP) is 6.26. The summed E-state index contributed by atoms with van der Waals surface area (Å²) in [6.45, 7) is 7.75. The highest BCUT2D eigenvalue weighted by atomic mass is 16.6. The summed E-state index contributed by atoms with van der Waals surface area (Å²) in [6, 6.07) is 27.4. The van der Waals surface area contributed by atoms with Crippen LogP contribution in [0.5, 0.6) is 0 Å². The number of benzene rings is 3. The van der Waals surface area contributed by atoms with E-state index in [0.29, 0.717) is 29.7 Å². The van der Waals surface area contributed by atoms with Crippen LogP contribution in [0.15, 0.2) is 91.0 Å². The van der Waals surface area contributed by atoms with Crippen molar-refractivity contribution in [2.24, 2.45) is 5.92 Å². The Kier molecular flexibility index (Phi) is 9.51. The van der Waals surface area contributed by atoms with E-state index in [9.17, 15) is 14.7 Å². The summed E-state index contributed by atoms with van der Waals surface area (Å²) in [6.07, 6.45) is -0.663. The number of likely N-dealkylation sites (tertiary alicyclic amines) is 1. The normalized spacial score (nSPS) is 17.9. The molecule has 4 rings (SSSR count). The molecule has 3 aromatic rings. The number of rotatable bonds is 9. The van der Waals surface area contributed by atoms with Gasteiger partial charge in [0.15, 0.2) is 11.7 Å². The van der Waals surface area contributed by atoms with Crippen molar-refractivity contribution in [1.29, 1.82) is 0 Å². The van der Waals surface area contributed by atoms with Gasteiger partial charge in [-0.2, -0.15) is 0 Å². The summed E-state index contributed by atoms with van der Waals surface area (Å²) >= 11 is 0. The third kappa shape index (κ3) is 6.80. The van der Waals surface area contributed by atoms with E-state index in [2.05, 4.69) is 0 Å². The van der Waals surface area contributed by atoms with E-state index < -0.39 is 41.4 Å². The van der Waals surface area contributed by atoms with Crippen molar-refractivity contribution in [2.45, 2.75) is 70.0 Å². The van der Waals surface area contributed by atoms with Gasteiger partial charge >= 0.3 is 12.1 Å². The van der Waals surface area contributed by atoms with Gasteiger partial charge in [-0.15, -0.1) is 0 Å². The zero-order valence-corrected chi connectivity index (χ0v) is 24.5. The van der Waals surface area contributed by atoms with Crippen molar-refractivity contribution in [3.8, 4) is 0 Å². The lowest BCUT2D eigenvalue weighted by Gasteiger charge is -2.39. The number of amides is 1. The quantitative estimate of drug-likeness (QED) is 0.312. The molecule has 1 aliphatic heterocycles. The van der Waals surface area contributed by atoms with Gasteiger partial charge in [-0.25, -0.2) is 4.79 Å². The van der Waals surface area contributed by atoms with E-state index >= 15 is 0 Å². The first kappa shape index (κ1) is 30.3. The van der Waals surface area contributed by atoms with Gasteiger partial charge in [0, 0.05) is 13.7 Å². The number of carbonyl (C=O) groups is 2. The molecule has 1 saturated heterocycles. The molecule has 0 aromatic heterocycles. The molecule has 1 amide bonds. The van der Waals surface area contributed by atoms with Crippen molar-refractivity contribution in [2.75, 3.05) is 13.7 Å². The van der Waals surface area contributed by atoms with Crippen molar-refractivity contribution in [3.63, 3.8) is 0 Å². The second kappa shape index (κ2) is 12.9. The molecule has 1 fully saturated rings. The Morgan fingerprint density at radius 2 is 1.39 bits per heavy atom. The maximum absolute atomic E-state index is 14.0. The summed E-state index contributed by atoms with van der Waals surface area (Å²) in [5.74, 6) is -1.28. The predicted molar refractivity (Wildman–Crippen MR) is 157 cm³/mol. The molecule has 0 saturated carbocycles. The van der Waals surface area contributed by atoms with Crippen molar-refractivity contribution in [1.82, 2.24) is 4.90 Å². The zero-order chi connectivity index (χ0) is 29.6. The Labute approximate surface area is 243 Å². The number of hydrogen-bond acceptors (Lipinski definition) is 6. The molecule has 7 nitrogen and oxygen atoms in total. The minimum atomic E-state index is -1.68. The van der Waals surface area contributed by atoms with Crippen LogP contribution in [0.1, 0.15) is 63.3 Å². The molecule has 1 aliphatic rings. The Morgan fingerprint density at radius 1 is 0.878 bits per heavy atom. The first-order valence-electron chi connectivity index (χ1n) is 14.2. The standard InChI is InChI=1S/C34H41NO6/c1-24(29(39-5)28-22-15-23-35(28)32(37)41-33(2,3)4)31(36)40-30(25-16-9-6-10-17-25)34(38,26-18-11-7-12-19-26)27-20-13-8-14-21-27/h6-14,16-21,24,28-30,38H,15,22-23H2,1-5H3. The van der Waals surface area contributed by atoms with Gasteiger partial charge < -0.3 is 24.2 Å². The third-order valence-electron chi connectivity index (χ3n) is 7.59. The lowest BCUT2D eigenvalue weighted by Crippen LogP contribution is -2.49. The average molecular weight is 560 g/mol. The smallest absolute Gasteiger partial charge is 0.410 e. The fourth-order valence-electron chi connectivity index (χ4n) is 5.61. The number of ether oxygens (including phenoxy) is 3. The van der Waals surface area contributed by atoms with Crippen molar-refractivity contribution < 1.29 is 28.9 Å². The topological polar surface area (TPSA) is 85.3 Å². The van der Waals surface area contributed by atoms with Crippen LogP contribution in [0.4, 0.5) is 4.79 Å². The lowest BCUT2D eigenvalue weighted by atomic mass is 9.78. The Hall–Kier alpha value is -3.68. The van der Waals surface area contributed by atoms with E-state index in [1.807, 2.05) is 112 Å². The Balaban J connectivity index is 1.68. The average Bonchev–Trinajstić information content (AvgIpc) is 3.46. The minimum Gasteiger partial charge on any atom is -0.453 e. The van der Waals surface area contributed by atoms with Gasteiger partial charge in [0.05, 0.1) is 18.1 Å². The number of nitrogens with zero attached hydrogens (tertiary/aromatic N) is 1. The Bertz CT molecular complexity index is 1240. The lowest BCUT2D eigenvalue weighted by molar-refractivity contribution is -0.173. The molecule has 0 aliphatic carbocycles. The van der Waals surface area contributed by atoms with Crippen molar-refractivity contribution in [3.05, 3.63) is 108 Å². The second-order valence-corrected chi connectivity index (χ2v) is 11.6. The Morgan fingerprint density at radius 3 is 1.88 bits per heavy atom. The molecular weight excluding hydrogens is 518 g/mol. The molecule has 4 atom stereocenters. The zero-order valence-electron chi connectivity index (χ0n) is 24.5. The fraction of sp³-hybridized carbons (Fsp3) is 0.412.